The smallest absolute Gasteiger partial charge is 0.335 e. The summed E-state index contributed by atoms with van der Waals surface area (Å²) in [5, 5.41) is 19.0. The summed E-state index contributed by atoms with van der Waals surface area (Å²) in [6.45, 7) is 15.3. The van der Waals surface area contributed by atoms with Crippen LogP contribution >= 0.6 is 0 Å². The average molecular weight is 590 g/mol. The number of benzene rings is 2. The summed E-state index contributed by atoms with van der Waals surface area (Å²) in [6, 6.07) is 10.8. The van der Waals surface area contributed by atoms with E-state index in [1.165, 1.54) is 22.3 Å². The molecule has 1 heterocycles. The second-order valence-corrected chi connectivity index (χ2v) is 14.2. The molecule has 0 saturated carbocycles. The average Bonchev–Trinajstić information content (AvgIpc) is 3.25. The number of hydrogen-bond acceptors (Lipinski definition) is 3. The fourth-order valence-corrected chi connectivity index (χ4v) is 7.34. The lowest BCUT2D eigenvalue weighted by atomic mass is 9.75. The van der Waals surface area contributed by atoms with Crippen LogP contribution in [0.2, 0.25) is 0 Å². The molecule has 2 aliphatic carbocycles. The van der Waals surface area contributed by atoms with Gasteiger partial charge in [0.05, 0.1) is 11.1 Å². The lowest BCUT2D eigenvalue weighted by molar-refractivity contribution is 0.0686. The minimum atomic E-state index is -0.910. The van der Waals surface area contributed by atoms with Crippen molar-refractivity contribution in [2.75, 3.05) is 11.9 Å². The third-order valence-corrected chi connectivity index (χ3v) is 9.57. The largest absolute Gasteiger partial charge is 0.478 e. The molecule has 0 fully saturated rings. The van der Waals surface area contributed by atoms with Gasteiger partial charge in [-0.1, -0.05) is 84.1 Å². The van der Waals surface area contributed by atoms with Crippen LogP contribution in [0.3, 0.4) is 0 Å². The van der Waals surface area contributed by atoms with Gasteiger partial charge >= 0.3 is 11.9 Å². The molecule has 2 N–H and O–H groups in total. The summed E-state index contributed by atoms with van der Waals surface area (Å²) in [5.41, 5.74) is 10.5. The molecule has 5 rings (SSSR count). The number of carboxylic acid groups (broad SMARTS) is 2. The Hall–Kier alpha value is -4.38. The Labute approximate surface area is 261 Å². The first-order valence-electron chi connectivity index (χ1n) is 15.2. The summed E-state index contributed by atoms with van der Waals surface area (Å²) < 4.78 is 0. The van der Waals surface area contributed by atoms with Crippen molar-refractivity contribution in [3.8, 4) is 0 Å². The molecule has 3 aliphatic rings. The molecule has 1 aliphatic heterocycles. The number of nitrogens with zero attached hydrogens (tertiary/aromatic N) is 1. The molecular weight excluding hydrogens is 546 g/mol. The first-order chi connectivity index (χ1) is 20.5. The van der Waals surface area contributed by atoms with Crippen LogP contribution in [0.25, 0.3) is 5.57 Å². The number of fused-ring (bicyclic) bond motifs is 2. The van der Waals surface area contributed by atoms with Crippen molar-refractivity contribution in [3.05, 3.63) is 129 Å². The molecule has 5 nitrogen and oxygen atoms in total. The van der Waals surface area contributed by atoms with Gasteiger partial charge in [0.1, 0.15) is 0 Å². The fourth-order valence-electron chi connectivity index (χ4n) is 7.34. The maximum absolute atomic E-state index is 11.6. The van der Waals surface area contributed by atoms with E-state index >= 15 is 0 Å². The maximum Gasteiger partial charge on any atom is 0.335 e. The van der Waals surface area contributed by atoms with E-state index in [4.69, 9.17) is 0 Å². The first kappa shape index (κ1) is 31.1. The van der Waals surface area contributed by atoms with E-state index in [2.05, 4.69) is 95.9 Å². The Kier molecular flexibility index (Phi) is 7.74. The maximum atomic E-state index is 11.6. The number of carboxylic acids is 2. The van der Waals surface area contributed by atoms with E-state index in [1.54, 1.807) is 18.2 Å². The van der Waals surface area contributed by atoms with Gasteiger partial charge in [-0.15, -0.1) is 0 Å². The SMILES string of the molecule is CC1=C(/C=C/C=C2C=C(/C=C/C=C3/N(C)c4ccc(C(=O)O)cc4C3(C)C)CC(C)(C)C/2)C(C)(C)c2cc(C(=O)O)ccc21. The van der Waals surface area contributed by atoms with E-state index < -0.39 is 11.9 Å². The molecule has 0 unspecified atom stereocenters. The van der Waals surface area contributed by atoms with Gasteiger partial charge < -0.3 is 15.1 Å². The minimum absolute atomic E-state index is 0.124. The molecular formula is C39H43NO4. The van der Waals surface area contributed by atoms with E-state index in [-0.39, 0.29) is 16.2 Å². The lowest BCUT2D eigenvalue weighted by Crippen LogP contribution is -2.22. The van der Waals surface area contributed by atoms with Crippen molar-refractivity contribution in [1.29, 1.82) is 0 Å². The number of likely N-dealkylation sites (N-methyl/N-ethyl adjacent to an activating group) is 1. The minimum Gasteiger partial charge on any atom is -0.478 e. The summed E-state index contributed by atoms with van der Waals surface area (Å²) in [7, 11) is 2.04. The van der Waals surface area contributed by atoms with Crippen LogP contribution in [0, 0.1) is 5.41 Å². The van der Waals surface area contributed by atoms with E-state index in [9.17, 15) is 19.8 Å². The van der Waals surface area contributed by atoms with E-state index in [0.29, 0.717) is 11.1 Å². The second kappa shape index (κ2) is 11.0. The quantitative estimate of drug-likeness (QED) is 0.351. The van der Waals surface area contributed by atoms with Gasteiger partial charge in [-0.3, -0.25) is 0 Å². The normalized spacial score (nSPS) is 21.8. The predicted octanol–water partition coefficient (Wildman–Crippen LogP) is 9.24. The van der Waals surface area contributed by atoms with Crippen LogP contribution in [0.4, 0.5) is 5.69 Å². The molecule has 5 heteroatoms. The third-order valence-electron chi connectivity index (χ3n) is 9.57. The lowest BCUT2D eigenvalue weighted by Gasteiger charge is -2.30. The second-order valence-electron chi connectivity index (χ2n) is 14.2. The number of aromatic carboxylic acids is 2. The Bertz CT molecular complexity index is 1750. The standard InChI is InChI=1S/C39H43NO4/c1-24-29-17-15-27(35(41)42)20-31(29)38(4,5)30(24)13-9-11-25-19-26(23-37(2,3)22-25)12-10-14-34-39(6,7)32-21-28(36(43)44)16-18-33(32)40(34)8/h9-21H,22-23H2,1-8H3,(H,41,42)(H,43,44)/b12-10+,13-9+,25-11-,34-14+. The molecule has 0 saturated heterocycles. The van der Waals surface area contributed by atoms with Crippen molar-refractivity contribution in [2.45, 2.75) is 72.1 Å². The Morgan fingerprint density at radius 3 is 2.07 bits per heavy atom. The topological polar surface area (TPSA) is 77.8 Å². The van der Waals surface area contributed by atoms with Gasteiger partial charge in [0.2, 0.25) is 0 Å². The highest BCUT2D eigenvalue weighted by molar-refractivity contribution is 5.91. The van der Waals surface area contributed by atoms with Gasteiger partial charge in [-0.05, 0) is 101 Å². The molecule has 44 heavy (non-hydrogen) atoms. The fraction of sp³-hybridized carbons (Fsp3) is 0.333. The van der Waals surface area contributed by atoms with Crippen molar-refractivity contribution in [2.24, 2.45) is 5.41 Å². The molecule has 0 bridgehead atoms. The van der Waals surface area contributed by atoms with Crippen molar-refractivity contribution < 1.29 is 19.8 Å². The van der Waals surface area contributed by atoms with Crippen LogP contribution in [-0.2, 0) is 10.8 Å². The molecule has 0 atom stereocenters. The number of carbonyl (C=O) groups is 2. The molecule has 228 valence electrons. The summed E-state index contributed by atoms with van der Waals surface area (Å²) in [6.07, 6.45) is 17.3. The first-order valence-corrected chi connectivity index (χ1v) is 15.2. The highest BCUT2D eigenvalue weighted by Crippen LogP contribution is 2.48. The zero-order valence-electron chi connectivity index (χ0n) is 27.1. The van der Waals surface area contributed by atoms with Gasteiger partial charge in [-0.2, -0.15) is 0 Å². The molecule has 2 aromatic carbocycles. The van der Waals surface area contributed by atoms with Gasteiger partial charge in [0.15, 0.2) is 0 Å². The van der Waals surface area contributed by atoms with Crippen molar-refractivity contribution >= 4 is 23.2 Å². The number of rotatable bonds is 6. The third kappa shape index (κ3) is 5.52. The summed E-state index contributed by atoms with van der Waals surface area (Å²) in [5.74, 6) is -1.81. The molecule has 0 aromatic heterocycles. The Balaban J connectivity index is 1.39. The van der Waals surface area contributed by atoms with E-state index in [0.717, 1.165) is 40.9 Å². The highest BCUT2D eigenvalue weighted by Gasteiger charge is 2.39. The molecule has 0 radical (unpaired) electrons. The van der Waals surface area contributed by atoms with Crippen LogP contribution in [0.15, 0.2) is 101 Å². The monoisotopic (exact) mass is 589 g/mol. The van der Waals surface area contributed by atoms with Crippen LogP contribution in [0.1, 0.15) is 98.7 Å². The van der Waals surface area contributed by atoms with Gasteiger partial charge in [0, 0.05) is 29.3 Å². The van der Waals surface area contributed by atoms with E-state index in [1.807, 2.05) is 25.2 Å². The highest BCUT2D eigenvalue weighted by atomic mass is 16.4. The summed E-state index contributed by atoms with van der Waals surface area (Å²) in [4.78, 5) is 25.3. The summed E-state index contributed by atoms with van der Waals surface area (Å²) >= 11 is 0. The van der Waals surface area contributed by atoms with Crippen LogP contribution in [0.5, 0.6) is 0 Å². The Morgan fingerprint density at radius 1 is 0.795 bits per heavy atom. The molecule has 0 spiro atoms. The molecule has 0 amide bonds. The van der Waals surface area contributed by atoms with Crippen LogP contribution < -0.4 is 4.90 Å². The van der Waals surface area contributed by atoms with Crippen LogP contribution in [-0.4, -0.2) is 29.2 Å². The number of hydrogen-bond donors (Lipinski definition) is 2. The zero-order chi connectivity index (χ0) is 32.2. The zero-order valence-corrected chi connectivity index (χ0v) is 27.1. The van der Waals surface area contributed by atoms with Crippen molar-refractivity contribution in [1.82, 2.24) is 0 Å². The number of anilines is 1. The van der Waals surface area contributed by atoms with Gasteiger partial charge in [0.25, 0.3) is 0 Å². The predicted molar refractivity (Wildman–Crippen MR) is 179 cm³/mol. The number of allylic oxidation sites excluding steroid dienone is 12. The van der Waals surface area contributed by atoms with Gasteiger partial charge in [-0.25, -0.2) is 9.59 Å². The molecule has 2 aromatic rings. The Morgan fingerprint density at radius 2 is 1.41 bits per heavy atom. The van der Waals surface area contributed by atoms with Crippen molar-refractivity contribution in [3.63, 3.8) is 0 Å².